The second-order valence-electron chi connectivity index (χ2n) is 5.10. The van der Waals surface area contributed by atoms with Gasteiger partial charge in [-0.05, 0) is 46.4 Å². The van der Waals surface area contributed by atoms with E-state index >= 15 is 0 Å². The molecule has 7 heteroatoms. The molecule has 1 fully saturated rings. The van der Waals surface area contributed by atoms with Crippen LogP contribution in [0.25, 0.3) is 10.9 Å². The van der Waals surface area contributed by atoms with Crippen LogP contribution < -0.4 is 4.90 Å². The van der Waals surface area contributed by atoms with Gasteiger partial charge in [0.05, 0.1) is 9.50 Å². The highest BCUT2D eigenvalue weighted by atomic mass is 79.9. The van der Waals surface area contributed by atoms with Gasteiger partial charge in [0, 0.05) is 18.5 Å². The molecular weight excluding hydrogens is 380 g/mol. The van der Waals surface area contributed by atoms with E-state index in [1.165, 1.54) is 12.8 Å². The third kappa shape index (κ3) is 2.96. The maximum atomic E-state index is 14.4. The quantitative estimate of drug-likeness (QED) is 0.492. The largest absolute Gasteiger partial charge is 0.356 e. The lowest BCUT2D eigenvalue weighted by Gasteiger charge is -2.23. The van der Waals surface area contributed by atoms with Crippen LogP contribution in [-0.4, -0.2) is 23.1 Å². The fraction of sp³-hybridized carbons (Fsp3) is 0.429. The summed E-state index contributed by atoms with van der Waals surface area (Å²) < 4.78 is 14.6. The normalized spacial score (nSPS) is 16.3. The minimum Gasteiger partial charge on any atom is -0.356 e. The van der Waals surface area contributed by atoms with Crippen LogP contribution >= 0.6 is 39.1 Å². The summed E-state index contributed by atoms with van der Waals surface area (Å²) in [7, 11) is 0. The molecule has 0 radical (unpaired) electrons. The van der Waals surface area contributed by atoms with Crippen molar-refractivity contribution in [2.75, 3.05) is 18.0 Å². The van der Waals surface area contributed by atoms with Crippen molar-refractivity contribution < 1.29 is 4.39 Å². The zero-order valence-corrected chi connectivity index (χ0v) is 14.3. The number of halogens is 4. The first kappa shape index (κ1) is 15.3. The van der Waals surface area contributed by atoms with Crippen LogP contribution in [-0.2, 0) is 0 Å². The van der Waals surface area contributed by atoms with E-state index in [1.807, 2.05) is 0 Å². The molecule has 0 N–H and O–H groups in total. The molecule has 3 nitrogen and oxygen atoms in total. The van der Waals surface area contributed by atoms with Gasteiger partial charge in [0.15, 0.2) is 5.82 Å². The molecular formula is C14H13BrCl2FN3. The van der Waals surface area contributed by atoms with Gasteiger partial charge in [0.1, 0.15) is 11.3 Å². The summed E-state index contributed by atoms with van der Waals surface area (Å²) in [5.41, 5.74) is 0.200. The third-order valence-corrected chi connectivity index (χ3v) is 5.16. The minimum atomic E-state index is -0.502. The number of hydrogen-bond donors (Lipinski definition) is 0. The molecule has 0 saturated carbocycles. The Hall–Kier alpha value is -0.650. The van der Waals surface area contributed by atoms with E-state index in [4.69, 9.17) is 23.2 Å². The summed E-state index contributed by atoms with van der Waals surface area (Å²) in [4.78, 5) is 10.5. The van der Waals surface area contributed by atoms with E-state index in [0.29, 0.717) is 16.2 Å². The van der Waals surface area contributed by atoms with Crippen molar-refractivity contribution in [3.63, 3.8) is 0 Å². The van der Waals surface area contributed by atoms with Crippen molar-refractivity contribution in [3.05, 3.63) is 26.7 Å². The lowest BCUT2D eigenvalue weighted by Crippen LogP contribution is -2.25. The molecule has 21 heavy (non-hydrogen) atoms. The number of anilines is 1. The van der Waals surface area contributed by atoms with Crippen molar-refractivity contribution in [3.8, 4) is 0 Å². The van der Waals surface area contributed by atoms with Gasteiger partial charge in [-0.3, -0.25) is 0 Å². The molecule has 2 heterocycles. The molecule has 1 aromatic heterocycles. The molecule has 1 saturated heterocycles. The molecule has 1 aliphatic rings. The van der Waals surface area contributed by atoms with E-state index < -0.39 is 5.82 Å². The molecule has 1 aromatic carbocycles. The van der Waals surface area contributed by atoms with Gasteiger partial charge in [0.2, 0.25) is 5.28 Å². The minimum absolute atomic E-state index is 0.0508. The highest BCUT2D eigenvalue weighted by Crippen LogP contribution is 2.36. The van der Waals surface area contributed by atoms with Crippen LogP contribution in [0.5, 0.6) is 0 Å². The monoisotopic (exact) mass is 391 g/mol. The molecule has 2 aromatic rings. The molecule has 0 amide bonds. The summed E-state index contributed by atoms with van der Waals surface area (Å²) in [5.74, 6) is 0.165. The van der Waals surface area contributed by atoms with Crippen molar-refractivity contribution >= 4 is 55.9 Å². The number of rotatable bonds is 1. The van der Waals surface area contributed by atoms with E-state index in [0.717, 1.165) is 25.9 Å². The van der Waals surface area contributed by atoms with E-state index in [1.54, 1.807) is 6.07 Å². The first-order valence-corrected chi connectivity index (χ1v) is 8.38. The summed E-state index contributed by atoms with van der Waals surface area (Å²) >= 11 is 15.2. The van der Waals surface area contributed by atoms with Gasteiger partial charge in [-0.25, -0.2) is 9.37 Å². The summed E-state index contributed by atoms with van der Waals surface area (Å²) in [5, 5.41) is 0.962. The molecule has 1 aliphatic heterocycles. The van der Waals surface area contributed by atoms with Crippen LogP contribution in [0.2, 0.25) is 10.3 Å². The standard InChI is InChI=1S/C14H13BrCl2FN3/c15-10-9(16)7-8-12(11(10)18)19-14(17)20-13(8)21-5-3-1-2-4-6-21/h7H,1-6H2. The molecule has 3 rings (SSSR count). The van der Waals surface area contributed by atoms with Crippen LogP contribution in [0.15, 0.2) is 10.5 Å². The SMILES string of the molecule is Fc1c(Br)c(Cl)cc2c(N3CCCCCC3)nc(Cl)nc12. The van der Waals surface area contributed by atoms with E-state index in [2.05, 4.69) is 30.8 Å². The maximum absolute atomic E-state index is 14.4. The summed E-state index contributed by atoms with van der Waals surface area (Å²) in [6.45, 7) is 1.77. The topological polar surface area (TPSA) is 29.0 Å². The maximum Gasteiger partial charge on any atom is 0.225 e. The third-order valence-electron chi connectivity index (χ3n) is 3.69. The second-order valence-corrected chi connectivity index (χ2v) is 6.64. The average molecular weight is 393 g/mol. The summed E-state index contributed by atoms with van der Waals surface area (Å²) in [6, 6.07) is 1.70. The Bertz CT molecular complexity index is 688. The zero-order valence-electron chi connectivity index (χ0n) is 11.2. The van der Waals surface area contributed by atoms with Crippen molar-refractivity contribution in [2.45, 2.75) is 25.7 Å². The van der Waals surface area contributed by atoms with Crippen molar-refractivity contribution in [1.82, 2.24) is 9.97 Å². The van der Waals surface area contributed by atoms with Crippen molar-refractivity contribution in [1.29, 1.82) is 0 Å². The van der Waals surface area contributed by atoms with Gasteiger partial charge in [-0.1, -0.05) is 24.4 Å². The number of nitrogens with zero attached hydrogens (tertiary/aromatic N) is 3. The fourth-order valence-corrected chi connectivity index (χ4v) is 3.31. The van der Waals surface area contributed by atoms with Gasteiger partial charge < -0.3 is 4.90 Å². The van der Waals surface area contributed by atoms with Gasteiger partial charge in [-0.2, -0.15) is 4.98 Å². The number of benzene rings is 1. The van der Waals surface area contributed by atoms with Gasteiger partial charge in [0.25, 0.3) is 0 Å². The Morgan fingerprint density at radius 1 is 1.10 bits per heavy atom. The van der Waals surface area contributed by atoms with Gasteiger partial charge in [-0.15, -0.1) is 0 Å². The van der Waals surface area contributed by atoms with Crippen LogP contribution in [0, 0.1) is 5.82 Å². The Balaban J connectivity index is 2.21. The second kappa shape index (κ2) is 6.23. The number of fused-ring (bicyclic) bond motifs is 1. The summed E-state index contributed by atoms with van der Waals surface area (Å²) in [6.07, 6.45) is 4.59. The predicted octanol–water partition coefficient (Wildman–Crippen LogP) is 5.22. The Morgan fingerprint density at radius 3 is 2.43 bits per heavy atom. The van der Waals surface area contributed by atoms with E-state index in [9.17, 15) is 4.39 Å². The first-order chi connectivity index (χ1) is 10.1. The van der Waals surface area contributed by atoms with Crippen LogP contribution in [0.3, 0.4) is 0 Å². The smallest absolute Gasteiger partial charge is 0.225 e. The molecule has 112 valence electrons. The molecule has 0 aliphatic carbocycles. The Labute approximate surface area is 140 Å². The molecule has 0 spiro atoms. The molecule has 0 bridgehead atoms. The predicted molar refractivity (Wildman–Crippen MR) is 87.9 cm³/mol. The fourth-order valence-electron chi connectivity index (χ4n) is 2.65. The number of aromatic nitrogens is 2. The van der Waals surface area contributed by atoms with Crippen LogP contribution in [0.4, 0.5) is 10.2 Å². The van der Waals surface area contributed by atoms with Gasteiger partial charge >= 0.3 is 0 Å². The average Bonchev–Trinajstić information content (AvgIpc) is 2.74. The highest BCUT2D eigenvalue weighted by molar-refractivity contribution is 9.10. The lowest BCUT2D eigenvalue weighted by molar-refractivity contribution is 0.630. The Kier molecular flexibility index (Phi) is 4.52. The van der Waals surface area contributed by atoms with Crippen molar-refractivity contribution in [2.24, 2.45) is 0 Å². The first-order valence-electron chi connectivity index (χ1n) is 6.83. The Morgan fingerprint density at radius 2 is 1.76 bits per heavy atom. The number of hydrogen-bond acceptors (Lipinski definition) is 3. The molecule has 0 atom stereocenters. The van der Waals surface area contributed by atoms with E-state index in [-0.39, 0.29) is 15.3 Å². The van der Waals surface area contributed by atoms with Crippen LogP contribution in [0.1, 0.15) is 25.7 Å². The molecule has 0 unspecified atom stereocenters. The highest BCUT2D eigenvalue weighted by Gasteiger charge is 2.20. The zero-order chi connectivity index (χ0) is 15.0. The lowest BCUT2D eigenvalue weighted by atomic mass is 10.2.